The second-order valence-corrected chi connectivity index (χ2v) is 9.39. The Labute approximate surface area is 211 Å². The number of allylic oxidation sites excluding steroid dienone is 1. The minimum atomic E-state index is -0.144. The third-order valence-corrected chi connectivity index (χ3v) is 6.44. The van der Waals surface area contributed by atoms with Gasteiger partial charge in [0, 0.05) is 66.7 Å². The van der Waals surface area contributed by atoms with E-state index in [0.717, 1.165) is 30.2 Å². The SMILES string of the molecule is CCN(c1ccc(NC2=CC(Nc3ccc(N(CC)C(C)C)cc3)C(NC)=CC2=O)cc1)C(C)C. The molecule has 1 unspecified atom stereocenters. The molecule has 0 spiro atoms. The lowest BCUT2D eigenvalue weighted by atomic mass is 10.0. The van der Waals surface area contributed by atoms with Crippen LogP contribution in [0.5, 0.6) is 0 Å². The summed E-state index contributed by atoms with van der Waals surface area (Å²) < 4.78 is 0. The number of nitrogens with one attached hydrogen (secondary N) is 3. The number of hydrogen-bond donors (Lipinski definition) is 3. The standard InChI is InChI=1S/C29H41N5O/c1-8-33(20(3)4)24-14-10-22(11-15-24)31-27-18-28(29(35)19-26(27)30-7)32-23-12-16-25(17-13-23)34(9-2)21(5)6/h10-21,27,30-32H,8-9H2,1-7H3. The number of hydrogen-bond acceptors (Lipinski definition) is 6. The van der Waals surface area contributed by atoms with Gasteiger partial charge in [-0.25, -0.2) is 0 Å². The van der Waals surface area contributed by atoms with Crippen LogP contribution in [0.2, 0.25) is 0 Å². The van der Waals surface area contributed by atoms with Crippen molar-refractivity contribution in [2.24, 2.45) is 0 Å². The van der Waals surface area contributed by atoms with E-state index < -0.39 is 0 Å². The molecule has 0 radical (unpaired) electrons. The molecule has 1 aliphatic rings. The number of carbonyl (C=O) groups is 1. The molecule has 0 aliphatic heterocycles. The molecule has 6 nitrogen and oxygen atoms in total. The molecule has 2 aromatic carbocycles. The summed E-state index contributed by atoms with van der Waals surface area (Å²) in [5.74, 6) is -0.0419. The van der Waals surface area contributed by atoms with Gasteiger partial charge in [0.05, 0.1) is 11.7 Å². The smallest absolute Gasteiger partial charge is 0.203 e. The van der Waals surface area contributed by atoms with Crippen LogP contribution < -0.4 is 25.8 Å². The van der Waals surface area contributed by atoms with E-state index >= 15 is 0 Å². The highest BCUT2D eigenvalue weighted by Crippen LogP contribution is 2.25. The highest BCUT2D eigenvalue weighted by Gasteiger charge is 2.22. The molecular weight excluding hydrogens is 434 g/mol. The van der Waals surface area contributed by atoms with Crippen molar-refractivity contribution < 1.29 is 4.79 Å². The first-order valence-electron chi connectivity index (χ1n) is 12.7. The molecule has 0 heterocycles. The molecule has 3 rings (SSSR count). The van der Waals surface area contributed by atoms with Crippen molar-refractivity contribution in [2.45, 2.75) is 59.7 Å². The average molecular weight is 476 g/mol. The molecule has 0 bridgehead atoms. The predicted octanol–water partition coefficient (Wildman–Crippen LogP) is 5.62. The Bertz CT molecular complexity index is 1040. The lowest BCUT2D eigenvalue weighted by Crippen LogP contribution is -2.33. The molecule has 188 valence electrons. The Hall–Kier alpha value is -3.41. The lowest BCUT2D eigenvalue weighted by Gasteiger charge is -2.28. The maximum atomic E-state index is 12.8. The van der Waals surface area contributed by atoms with Gasteiger partial charge in [-0.05, 0) is 96.1 Å². The first-order valence-corrected chi connectivity index (χ1v) is 12.7. The van der Waals surface area contributed by atoms with E-state index in [9.17, 15) is 4.79 Å². The van der Waals surface area contributed by atoms with Gasteiger partial charge in [-0.2, -0.15) is 0 Å². The van der Waals surface area contributed by atoms with E-state index in [1.54, 1.807) is 6.08 Å². The minimum absolute atomic E-state index is 0.0419. The fourth-order valence-corrected chi connectivity index (χ4v) is 4.61. The van der Waals surface area contributed by atoms with Crippen molar-refractivity contribution in [3.8, 4) is 0 Å². The molecule has 6 heteroatoms. The summed E-state index contributed by atoms with van der Waals surface area (Å²) in [5.41, 5.74) is 5.69. The molecule has 0 saturated carbocycles. The Kier molecular flexibility index (Phi) is 8.85. The Morgan fingerprint density at radius 2 is 1.29 bits per heavy atom. The monoisotopic (exact) mass is 475 g/mol. The van der Waals surface area contributed by atoms with Crippen LogP contribution in [0.3, 0.4) is 0 Å². The molecule has 0 saturated heterocycles. The number of ketones is 1. The fourth-order valence-electron chi connectivity index (χ4n) is 4.61. The topological polar surface area (TPSA) is 59.6 Å². The van der Waals surface area contributed by atoms with Crippen molar-refractivity contribution in [1.29, 1.82) is 0 Å². The first-order chi connectivity index (χ1) is 16.8. The number of likely N-dealkylation sites (N-methyl/N-ethyl adjacent to an activating group) is 1. The van der Waals surface area contributed by atoms with Crippen LogP contribution in [0.1, 0.15) is 41.5 Å². The maximum absolute atomic E-state index is 12.8. The zero-order chi connectivity index (χ0) is 25.5. The molecule has 35 heavy (non-hydrogen) atoms. The van der Waals surface area contributed by atoms with Crippen LogP contribution in [0.4, 0.5) is 22.7 Å². The van der Waals surface area contributed by atoms with E-state index in [1.807, 2.05) is 25.3 Å². The number of nitrogens with zero attached hydrogens (tertiary/aromatic N) is 2. The average Bonchev–Trinajstić information content (AvgIpc) is 2.83. The summed E-state index contributed by atoms with van der Waals surface area (Å²) in [6, 6.07) is 17.5. The number of anilines is 4. The minimum Gasteiger partial charge on any atom is -0.389 e. The zero-order valence-corrected chi connectivity index (χ0v) is 22.2. The van der Waals surface area contributed by atoms with Gasteiger partial charge in [-0.15, -0.1) is 0 Å². The van der Waals surface area contributed by atoms with Crippen molar-refractivity contribution >= 4 is 28.5 Å². The second kappa shape index (κ2) is 11.8. The van der Waals surface area contributed by atoms with E-state index in [0.29, 0.717) is 17.8 Å². The van der Waals surface area contributed by atoms with Crippen molar-refractivity contribution in [1.82, 2.24) is 5.32 Å². The summed E-state index contributed by atoms with van der Waals surface area (Å²) in [6.45, 7) is 15.0. The highest BCUT2D eigenvalue weighted by molar-refractivity contribution is 6.07. The first kappa shape index (κ1) is 26.2. The van der Waals surface area contributed by atoms with Gasteiger partial charge >= 0.3 is 0 Å². The summed E-state index contributed by atoms with van der Waals surface area (Å²) in [6.07, 6.45) is 3.62. The maximum Gasteiger partial charge on any atom is 0.203 e. The number of rotatable bonds is 11. The van der Waals surface area contributed by atoms with Gasteiger partial charge in [0.1, 0.15) is 0 Å². The third kappa shape index (κ3) is 6.38. The third-order valence-electron chi connectivity index (χ3n) is 6.44. The molecule has 0 aromatic heterocycles. The van der Waals surface area contributed by atoms with Gasteiger partial charge in [0.15, 0.2) is 0 Å². The van der Waals surface area contributed by atoms with Crippen LogP contribution in [0.15, 0.2) is 72.1 Å². The lowest BCUT2D eigenvalue weighted by molar-refractivity contribution is -0.111. The Morgan fingerprint density at radius 3 is 1.71 bits per heavy atom. The van der Waals surface area contributed by atoms with Crippen molar-refractivity contribution in [3.63, 3.8) is 0 Å². The van der Waals surface area contributed by atoms with Crippen LogP contribution in [-0.2, 0) is 4.79 Å². The number of carbonyl (C=O) groups excluding carboxylic acids is 1. The quantitative estimate of drug-likeness (QED) is 0.392. The zero-order valence-electron chi connectivity index (χ0n) is 22.2. The van der Waals surface area contributed by atoms with Crippen molar-refractivity contribution in [2.75, 3.05) is 40.6 Å². The summed E-state index contributed by atoms with van der Waals surface area (Å²) >= 11 is 0. The van der Waals surface area contributed by atoms with Gasteiger partial charge in [0.2, 0.25) is 5.78 Å². The molecular formula is C29H41N5O. The van der Waals surface area contributed by atoms with Crippen LogP contribution in [0, 0.1) is 0 Å². The summed E-state index contributed by atoms with van der Waals surface area (Å²) in [4.78, 5) is 17.5. The van der Waals surface area contributed by atoms with Gasteiger partial charge in [-0.3, -0.25) is 4.79 Å². The molecule has 1 aliphatic carbocycles. The van der Waals surface area contributed by atoms with E-state index in [-0.39, 0.29) is 11.8 Å². The summed E-state index contributed by atoms with van der Waals surface area (Å²) in [5, 5.41) is 10.0. The molecule has 3 N–H and O–H groups in total. The normalized spacial score (nSPS) is 15.6. The largest absolute Gasteiger partial charge is 0.389 e. The fraction of sp³-hybridized carbons (Fsp3) is 0.414. The van der Waals surface area contributed by atoms with E-state index in [1.165, 1.54) is 11.4 Å². The van der Waals surface area contributed by atoms with Crippen molar-refractivity contribution in [3.05, 3.63) is 72.1 Å². The van der Waals surface area contributed by atoms with Crippen LogP contribution >= 0.6 is 0 Å². The van der Waals surface area contributed by atoms with Gasteiger partial charge in [-0.1, -0.05) is 0 Å². The Balaban J connectivity index is 1.76. The molecule has 0 fully saturated rings. The number of benzene rings is 2. The molecule has 0 amide bonds. The second-order valence-electron chi connectivity index (χ2n) is 9.39. The Morgan fingerprint density at radius 1 is 0.800 bits per heavy atom. The van der Waals surface area contributed by atoms with Gasteiger partial charge < -0.3 is 25.8 Å². The van der Waals surface area contributed by atoms with E-state index in [2.05, 4.69) is 104 Å². The predicted molar refractivity (Wildman–Crippen MR) is 150 cm³/mol. The van der Waals surface area contributed by atoms with Gasteiger partial charge in [0.25, 0.3) is 0 Å². The molecule has 2 aromatic rings. The van der Waals surface area contributed by atoms with Crippen LogP contribution in [-0.4, -0.2) is 44.0 Å². The summed E-state index contributed by atoms with van der Waals surface area (Å²) in [7, 11) is 1.85. The van der Waals surface area contributed by atoms with Crippen LogP contribution in [0.25, 0.3) is 0 Å². The molecule has 1 atom stereocenters. The van der Waals surface area contributed by atoms with E-state index in [4.69, 9.17) is 0 Å². The highest BCUT2D eigenvalue weighted by atomic mass is 16.1.